The fourth-order valence-electron chi connectivity index (χ4n) is 3.39. The summed E-state index contributed by atoms with van der Waals surface area (Å²) in [6.45, 7) is 0. The van der Waals surface area contributed by atoms with Crippen LogP contribution in [0.4, 0.5) is 4.39 Å². The minimum absolute atomic E-state index is 0.264. The van der Waals surface area contributed by atoms with Gasteiger partial charge in [0.15, 0.2) is 11.0 Å². The predicted molar refractivity (Wildman–Crippen MR) is 129 cm³/mol. The minimum atomic E-state index is -0.431. The summed E-state index contributed by atoms with van der Waals surface area (Å²) in [5, 5.41) is 10.4. The van der Waals surface area contributed by atoms with E-state index in [0.717, 1.165) is 0 Å². The van der Waals surface area contributed by atoms with Crippen LogP contribution in [0.1, 0.15) is 5.82 Å². The molecule has 10 heteroatoms. The van der Waals surface area contributed by atoms with Crippen molar-refractivity contribution in [3.8, 4) is 17.1 Å². The number of hydrogen-bond donors (Lipinski definition) is 1. The van der Waals surface area contributed by atoms with Crippen molar-refractivity contribution in [2.75, 3.05) is 0 Å². The van der Waals surface area contributed by atoms with Crippen LogP contribution in [0.3, 0.4) is 0 Å². The zero-order chi connectivity index (χ0) is 22.9. The number of thioether (sulfide) groups is 1. The molecule has 164 valence electrons. The van der Waals surface area contributed by atoms with E-state index in [9.17, 15) is 9.18 Å². The van der Waals surface area contributed by atoms with Gasteiger partial charge < -0.3 is 4.98 Å². The van der Waals surface area contributed by atoms with E-state index >= 15 is 0 Å². The van der Waals surface area contributed by atoms with E-state index in [4.69, 9.17) is 23.2 Å². The van der Waals surface area contributed by atoms with Crippen LogP contribution in [0.15, 0.2) is 76.7 Å². The normalized spacial score (nSPS) is 11.2. The van der Waals surface area contributed by atoms with Crippen molar-refractivity contribution in [2.24, 2.45) is 0 Å². The fourth-order valence-corrected chi connectivity index (χ4v) is 4.59. The number of H-pyrrole nitrogens is 1. The van der Waals surface area contributed by atoms with Gasteiger partial charge in [0.2, 0.25) is 0 Å². The molecule has 0 bridgehead atoms. The second-order valence-electron chi connectivity index (χ2n) is 7.04. The number of halogens is 3. The lowest BCUT2D eigenvalue weighted by Crippen LogP contribution is -2.11. The van der Waals surface area contributed by atoms with Gasteiger partial charge in [-0.05, 0) is 42.5 Å². The topological polar surface area (TPSA) is 76.5 Å². The van der Waals surface area contributed by atoms with Gasteiger partial charge in [-0.1, -0.05) is 59.2 Å². The molecule has 3 aromatic carbocycles. The van der Waals surface area contributed by atoms with E-state index < -0.39 is 5.82 Å². The van der Waals surface area contributed by atoms with Crippen molar-refractivity contribution in [3.05, 3.63) is 98.8 Å². The van der Waals surface area contributed by atoms with Crippen LogP contribution in [-0.4, -0.2) is 24.7 Å². The first-order chi connectivity index (χ1) is 16.0. The molecule has 6 nitrogen and oxygen atoms in total. The van der Waals surface area contributed by atoms with E-state index in [1.165, 1.54) is 17.8 Å². The van der Waals surface area contributed by atoms with E-state index in [1.807, 2.05) is 6.07 Å². The molecule has 0 unspecified atom stereocenters. The summed E-state index contributed by atoms with van der Waals surface area (Å²) in [7, 11) is 0. The number of nitrogens with one attached hydrogen (secondary N) is 1. The molecule has 0 saturated heterocycles. The van der Waals surface area contributed by atoms with Crippen molar-refractivity contribution in [1.82, 2.24) is 24.7 Å². The summed E-state index contributed by atoms with van der Waals surface area (Å²) in [4.78, 5) is 19.7. The molecule has 0 aliphatic heterocycles. The maximum atomic E-state index is 14.8. The molecule has 0 amide bonds. The van der Waals surface area contributed by atoms with Gasteiger partial charge in [0.1, 0.15) is 11.6 Å². The summed E-state index contributed by atoms with van der Waals surface area (Å²) >= 11 is 13.7. The van der Waals surface area contributed by atoms with E-state index in [0.29, 0.717) is 43.3 Å². The van der Waals surface area contributed by atoms with Gasteiger partial charge in [0, 0.05) is 10.6 Å². The minimum Gasteiger partial charge on any atom is -0.309 e. The Morgan fingerprint density at radius 2 is 1.79 bits per heavy atom. The average Bonchev–Trinajstić information content (AvgIpc) is 3.21. The number of para-hydroxylation sites is 1. The quantitative estimate of drug-likeness (QED) is 0.305. The van der Waals surface area contributed by atoms with Crippen LogP contribution < -0.4 is 5.56 Å². The van der Waals surface area contributed by atoms with Crippen LogP contribution in [0.5, 0.6) is 0 Å². The number of aromatic amines is 1. The molecule has 2 aromatic heterocycles. The van der Waals surface area contributed by atoms with Crippen LogP contribution in [0.25, 0.3) is 28.0 Å². The SMILES string of the molecule is O=c1[nH]c(CSc2nnc(-c3ccccc3Cl)n2-c2ccccc2F)nc2cc(Cl)ccc12. The van der Waals surface area contributed by atoms with Crippen molar-refractivity contribution in [2.45, 2.75) is 10.9 Å². The Kier molecular flexibility index (Phi) is 5.88. The smallest absolute Gasteiger partial charge is 0.258 e. The average molecular weight is 498 g/mol. The molecule has 0 saturated carbocycles. The first-order valence-electron chi connectivity index (χ1n) is 9.78. The maximum absolute atomic E-state index is 14.8. The summed E-state index contributed by atoms with van der Waals surface area (Å²) < 4.78 is 16.4. The lowest BCUT2D eigenvalue weighted by atomic mass is 10.2. The molecule has 0 atom stereocenters. The van der Waals surface area contributed by atoms with Crippen LogP contribution in [-0.2, 0) is 5.75 Å². The maximum Gasteiger partial charge on any atom is 0.258 e. The van der Waals surface area contributed by atoms with Crippen LogP contribution >= 0.6 is 35.0 Å². The van der Waals surface area contributed by atoms with Crippen molar-refractivity contribution in [1.29, 1.82) is 0 Å². The molecule has 0 radical (unpaired) electrons. The van der Waals surface area contributed by atoms with Gasteiger partial charge in [-0.25, -0.2) is 9.37 Å². The molecular weight excluding hydrogens is 484 g/mol. The van der Waals surface area contributed by atoms with Gasteiger partial charge in [-0.15, -0.1) is 10.2 Å². The number of aromatic nitrogens is 5. The first-order valence-corrected chi connectivity index (χ1v) is 11.5. The van der Waals surface area contributed by atoms with E-state index in [-0.39, 0.29) is 17.0 Å². The summed E-state index contributed by atoms with van der Waals surface area (Å²) in [5.74, 6) is 0.675. The standard InChI is InChI=1S/C23H14Cl2FN5OS/c24-13-9-10-15-18(11-13)27-20(28-22(15)32)12-33-23-30-29-21(14-5-1-2-6-16(14)25)31(23)19-8-4-3-7-17(19)26/h1-11H,12H2,(H,27,28,32). The highest BCUT2D eigenvalue weighted by atomic mass is 35.5. The second-order valence-corrected chi connectivity index (χ2v) is 8.82. The molecule has 33 heavy (non-hydrogen) atoms. The van der Waals surface area contributed by atoms with Crippen molar-refractivity contribution in [3.63, 3.8) is 0 Å². The highest BCUT2D eigenvalue weighted by Crippen LogP contribution is 2.33. The summed E-state index contributed by atoms with van der Waals surface area (Å²) in [5.41, 5.74) is 1.13. The molecule has 0 aliphatic carbocycles. The first kappa shape index (κ1) is 21.6. The lowest BCUT2D eigenvalue weighted by Gasteiger charge is -2.12. The summed E-state index contributed by atoms with van der Waals surface area (Å²) in [6.07, 6.45) is 0. The lowest BCUT2D eigenvalue weighted by molar-refractivity contribution is 0.613. The molecule has 0 fully saturated rings. The van der Waals surface area contributed by atoms with Gasteiger partial charge in [0.05, 0.1) is 27.4 Å². The number of nitrogens with zero attached hydrogens (tertiary/aromatic N) is 4. The zero-order valence-corrected chi connectivity index (χ0v) is 19.1. The molecule has 5 rings (SSSR count). The number of rotatable bonds is 5. The number of fused-ring (bicyclic) bond motifs is 1. The summed E-state index contributed by atoms with van der Waals surface area (Å²) in [6, 6.07) is 18.4. The Morgan fingerprint density at radius 3 is 2.61 bits per heavy atom. The number of benzene rings is 3. The third-order valence-electron chi connectivity index (χ3n) is 4.90. The molecule has 2 heterocycles. The van der Waals surface area contributed by atoms with Crippen molar-refractivity contribution < 1.29 is 4.39 Å². The highest BCUT2D eigenvalue weighted by molar-refractivity contribution is 7.98. The second kappa shape index (κ2) is 8.97. The zero-order valence-electron chi connectivity index (χ0n) is 16.8. The Bertz CT molecular complexity index is 1550. The highest BCUT2D eigenvalue weighted by Gasteiger charge is 2.20. The molecule has 0 spiro atoms. The fraction of sp³-hybridized carbons (Fsp3) is 0.0435. The monoisotopic (exact) mass is 497 g/mol. The van der Waals surface area contributed by atoms with Gasteiger partial charge >= 0.3 is 0 Å². The third-order valence-corrected chi connectivity index (χ3v) is 6.40. The Labute approximate surface area is 201 Å². The van der Waals surface area contributed by atoms with Gasteiger partial charge in [0.25, 0.3) is 5.56 Å². The molecule has 0 aliphatic rings. The molecule has 5 aromatic rings. The third kappa shape index (κ3) is 4.25. The Morgan fingerprint density at radius 1 is 1.00 bits per heavy atom. The predicted octanol–water partition coefficient (Wildman–Crippen LogP) is 5.91. The molecular formula is C23H14Cl2FN5OS. The van der Waals surface area contributed by atoms with Gasteiger partial charge in [-0.3, -0.25) is 9.36 Å². The van der Waals surface area contributed by atoms with Crippen molar-refractivity contribution >= 4 is 45.9 Å². The Balaban J connectivity index is 1.57. The molecule has 1 N–H and O–H groups in total. The number of hydrogen-bond acceptors (Lipinski definition) is 5. The van der Waals surface area contributed by atoms with Crippen LogP contribution in [0.2, 0.25) is 10.0 Å². The van der Waals surface area contributed by atoms with Gasteiger partial charge in [-0.2, -0.15) is 0 Å². The van der Waals surface area contributed by atoms with E-state index in [1.54, 1.807) is 59.2 Å². The van der Waals surface area contributed by atoms with Crippen LogP contribution in [0, 0.1) is 5.82 Å². The largest absolute Gasteiger partial charge is 0.309 e. The Hall–Kier alpha value is -3.20. The van der Waals surface area contributed by atoms with E-state index in [2.05, 4.69) is 20.2 Å².